The van der Waals surface area contributed by atoms with Gasteiger partial charge in [0.25, 0.3) is 0 Å². The maximum absolute atomic E-state index is 11.1. The van der Waals surface area contributed by atoms with E-state index in [4.69, 9.17) is 10.6 Å². The van der Waals surface area contributed by atoms with E-state index in [1.54, 1.807) is 12.1 Å². The van der Waals surface area contributed by atoms with Crippen molar-refractivity contribution in [1.29, 1.82) is 0 Å². The molecular formula is C9H11NO4. The highest BCUT2D eigenvalue weighted by Gasteiger charge is 2.10. The van der Waals surface area contributed by atoms with Crippen molar-refractivity contribution < 1.29 is 19.1 Å². The molecule has 0 saturated heterocycles. The zero-order valence-corrected chi connectivity index (χ0v) is 7.94. The number of rotatable bonds is 3. The highest BCUT2D eigenvalue weighted by molar-refractivity contribution is 5.90. The highest BCUT2D eigenvalue weighted by Crippen LogP contribution is 2.27. The molecule has 0 saturated carbocycles. The SMILES string of the molecule is COC(=O)c1ccc(OC)c(ON)c1. The molecule has 76 valence electrons. The van der Waals surface area contributed by atoms with Gasteiger partial charge in [0.1, 0.15) is 0 Å². The lowest BCUT2D eigenvalue weighted by molar-refractivity contribution is 0.0600. The smallest absolute Gasteiger partial charge is 0.337 e. The molecule has 0 radical (unpaired) electrons. The van der Waals surface area contributed by atoms with Crippen molar-refractivity contribution in [2.75, 3.05) is 14.2 Å². The van der Waals surface area contributed by atoms with Gasteiger partial charge in [0.2, 0.25) is 0 Å². The molecule has 0 amide bonds. The summed E-state index contributed by atoms with van der Waals surface area (Å²) in [5.41, 5.74) is 0.355. The van der Waals surface area contributed by atoms with Gasteiger partial charge in [-0.05, 0) is 12.1 Å². The average molecular weight is 197 g/mol. The summed E-state index contributed by atoms with van der Waals surface area (Å²) in [6.45, 7) is 0. The molecule has 1 rings (SSSR count). The average Bonchev–Trinajstić information content (AvgIpc) is 2.26. The van der Waals surface area contributed by atoms with Crippen LogP contribution in [0.15, 0.2) is 18.2 Å². The van der Waals surface area contributed by atoms with Gasteiger partial charge < -0.3 is 14.3 Å². The van der Waals surface area contributed by atoms with Crippen LogP contribution in [0, 0.1) is 0 Å². The van der Waals surface area contributed by atoms with Crippen molar-refractivity contribution in [3.05, 3.63) is 23.8 Å². The predicted molar refractivity (Wildman–Crippen MR) is 49.1 cm³/mol. The standard InChI is InChI=1S/C9H11NO4/c1-12-7-4-3-6(9(11)13-2)5-8(7)14-10/h3-5H,10H2,1-2H3. The summed E-state index contributed by atoms with van der Waals surface area (Å²) in [7, 11) is 2.78. The third-order valence-electron chi connectivity index (χ3n) is 1.71. The Labute approximate surface area is 81.3 Å². The van der Waals surface area contributed by atoms with E-state index < -0.39 is 5.97 Å². The highest BCUT2D eigenvalue weighted by atomic mass is 16.6. The lowest BCUT2D eigenvalue weighted by atomic mass is 10.2. The first kappa shape index (κ1) is 10.3. The second-order valence-electron chi connectivity index (χ2n) is 2.48. The van der Waals surface area contributed by atoms with Gasteiger partial charge in [0, 0.05) is 6.07 Å². The van der Waals surface area contributed by atoms with Crippen molar-refractivity contribution in [3.63, 3.8) is 0 Å². The van der Waals surface area contributed by atoms with Crippen molar-refractivity contribution in [1.82, 2.24) is 0 Å². The lowest BCUT2D eigenvalue weighted by Gasteiger charge is -2.07. The molecule has 0 bridgehead atoms. The molecule has 0 spiro atoms. The minimum Gasteiger partial charge on any atom is -0.493 e. The Kier molecular flexibility index (Phi) is 3.30. The van der Waals surface area contributed by atoms with Crippen LogP contribution in [0.25, 0.3) is 0 Å². The number of carbonyl (C=O) groups excluding carboxylic acids is 1. The number of nitrogens with two attached hydrogens (primary N) is 1. The number of methoxy groups -OCH3 is 2. The van der Waals surface area contributed by atoms with Gasteiger partial charge in [-0.25, -0.2) is 4.79 Å². The summed E-state index contributed by atoms with van der Waals surface area (Å²) >= 11 is 0. The van der Waals surface area contributed by atoms with E-state index in [-0.39, 0.29) is 5.75 Å². The summed E-state index contributed by atoms with van der Waals surface area (Å²) < 4.78 is 9.48. The molecule has 14 heavy (non-hydrogen) atoms. The van der Waals surface area contributed by atoms with Crippen LogP contribution in [0.1, 0.15) is 10.4 Å². The number of carbonyl (C=O) groups is 1. The Morgan fingerprint density at radius 1 is 1.29 bits per heavy atom. The summed E-state index contributed by atoms with van der Waals surface area (Å²) in [6, 6.07) is 4.59. The second kappa shape index (κ2) is 4.48. The summed E-state index contributed by atoms with van der Waals surface area (Å²) in [5, 5.41) is 0. The molecule has 0 heterocycles. The van der Waals surface area contributed by atoms with Crippen molar-refractivity contribution >= 4 is 5.97 Å². The first-order valence-corrected chi connectivity index (χ1v) is 3.86. The zero-order chi connectivity index (χ0) is 10.6. The molecule has 1 aromatic rings. The van der Waals surface area contributed by atoms with E-state index >= 15 is 0 Å². The van der Waals surface area contributed by atoms with Crippen molar-refractivity contribution in [2.24, 2.45) is 5.90 Å². The quantitative estimate of drug-likeness (QED) is 0.571. The second-order valence-corrected chi connectivity index (χ2v) is 2.48. The molecule has 2 N–H and O–H groups in total. The van der Waals surface area contributed by atoms with Crippen LogP contribution in [0.2, 0.25) is 0 Å². The largest absolute Gasteiger partial charge is 0.493 e. The van der Waals surface area contributed by atoms with Crippen LogP contribution in [0.4, 0.5) is 0 Å². The van der Waals surface area contributed by atoms with Gasteiger partial charge in [-0.2, -0.15) is 5.90 Å². The first-order chi connectivity index (χ1) is 6.72. The van der Waals surface area contributed by atoms with E-state index in [2.05, 4.69) is 9.57 Å². The van der Waals surface area contributed by atoms with Crippen LogP contribution < -0.4 is 15.5 Å². The molecule has 0 fully saturated rings. The van der Waals surface area contributed by atoms with Gasteiger partial charge in [0.15, 0.2) is 11.5 Å². The maximum atomic E-state index is 11.1. The number of hydrogen-bond acceptors (Lipinski definition) is 5. The molecular weight excluding hydrogens is 186 g/mol. The number of hydrogen-bond donors (Lipinski definition) is 1. The number of ether oxygens (including phenoxy) is 2. The van der Waals surface area contributed by atoms with E-state index in [1.165, 1.54) is 20.3 Å². The van der Waals surface area contributed by atoms with Gasteiger partial charge in [-0.15, -0.1) is 0 Å². The Hall–Kier alpha value is -1.75. The minimum absolute atomic E-state index is 0.287. The summed E-state index contributed by atoms with van der Waals surface area (Å²) in [6.07, 6.45) is 0. The van der Waals surface area contributed by atoms with Crippen LogP contribution in [0.3, 0.4) is 0 Å². The Morgan fingerprint density at radius 2 is 2.00 bits per heavy atom. The van der Waals surface area contributed by atoms with Crippen molar-refractivity contribution in [3.8, 4) is 11.5 Å². The minimum atomic E-state index is -0.453. The van der Waals surface area contributed by atoms with Crippen LogP contribution in [-0.2, 0) is 4.74 Å². The normalized spacial score (nSPS) is 9.36. The lowest BCUT2D eigenvalue weighted by Crippen LogP contribution is -2.06. The monoisotopic (exact) mass is 197 g/mol. The van der Waals surface area contributed by atoms with Crippen molar-refractivity contribution in [2.45, 2.75) is 0 Å². The molecule has 0 aliphatic heterocycles. The third-order valence-corrected chi connectivity index (χ3v) is 1.71. The van der Waals surface area contributed by atoms with Crippen LogP contribution in [-0.4, -0.2) is 20.2 Å². The van der Waals surface area contributed by atoms with Gasteiger partial charge in [-0.3, -0.25) is 0 Å². The molecule has 0 aliphatic carbocycles. The summed E-state index contributed by atoms with van der Waals surface area (Å²) in [4.78, 5) is 15.7. The molecule has 5 heteroatoms. The fourth-order valence-electron chi connectivity index (χ4n) is 1.01. The molecule has 0 unspecified atom stereocenters. The van der Waals surface area contributed by atoms with Crippen LogP contribution >= 0.6 is 0 Å². The molecule has 5 nitrogen and oxygen atoms in total. The summed E-state index contributed by atoms with van der Waals surface area (Å²) in [5.74, 6) is 5.30. The predicted octanol–water partition coefficient (Wildman–Crippen LogP) is 0.734. The van der Waals surface area contributed by atoms with Crippen LogP contribution in [0.5, 0.6) is 11.5 Å². The first-order valence-electron chi connectivity index (χ1n) is 3.86. The van der Waals surface area contributed by atoms with E-state index in [0.717, 1.165) is 0 Å². The van der Waals surface area contributed by atoms with E-state index in [1.807, 2.05) is 0 Å². The number of benzene rings is 1. The Morgan fingerprint density at radius 3 is 2.50 bits per heavy atom. The molecule has 0 aliphatic rings. The Balaban J connectivity index is 3.07. The molecule has 0 atom stereocenters. The fraction of sp³-hybridized carbons (Fsp3) is 0.222. The van der Waals surface area contributed by atoms with Gasteiger partial charge in [-0.1, -0.05) is 0 Å². The molecule has 1 aromatic carbocycles. The number of esters is 1. The maximum Gasteiger partial charge on any atom is 0.337 e. The zero-order valence-electron chi connectivity index (χ0n) is 7.94. The Bertz CT molecular complexity index is 338. The molecule has 0 aromatic heterocycles. The van der Waals surface area contributed by atoms with E-state index in [0.29, 0.717) is 11.3 Å². The third kappa shape index (κ3) is 1.94. The van der Waals surface area contributed by atoms with E-state index in [9.17, 15) is 4.79 Å². The van der Waals surface area contributed by atoms with Gasteiger partial charge >= 0.3 is 5.97 Å². The topological polar surface area (TPSA) is 70.8 Å². The van der Waals surface area contributed by atoms with Gasteiger partial charge in [0.05, 0.1) is 19.8 Å². The fourth-order valence-corrected chi connectivity index (χ4v) is 1.01.